The summed E-state index contributed by atoms with van der Waals surface area (Å²) in [7, 11) is 0. The zero-order chi connectivity index (χ0) is 20.2. The average molecular weight is 394 g/mol. The molecule has 0 bridgehead atoms. The Kier molecular flexibility index (Phi) is 4.84. The molecular weight excluding hydrogens is 358 g/mol. The third-order valence-electron chi connectivity index (χ3n) is 9.69. The van der Waals surface area contributed by atoms with Crippen LogP contribution < -0.4 is 0 Å². The van der Waals surface area contributed by atoms with Gasteiger partial charge in [0.2, 0.25) is 0 Å². The lowest BCUT2D eigenvalue weighted by molar-refractivity contribution is -0.131. The Balaban J connectivity index is 1.31. The number of aromatic nitrogens is 2. The van der Waals surface area contributed by atoms with Gasteiger partial charge in [-0.2, -0.15) is 10.4 Å². The van der Waals surface area contributed by atoms with Crippen LogP contribution in [0.2, 0.25) is 0 Å². The molecule has 4 aliphatic rings. The van der Waals surface area contributed by atoms with Crippen LogP contribution in [-0.2, 0) is 11.3 Å². The van der Waals surface area contributed by atoms with Crippen LogP contribution in [0.3, 0.4) is 0 Å². The number of nitriles is 1. The van der Waals surface area contributed by atoms with Gasteiger partial charge in [0, 0.05) is 12.1 Å². The molecule has 0 aliphatic heterocycles. The Bertz CT molecular complexity index is 822. The zero-order valence-electron chi connectivity index (χ0n) is 18.0. The summed E-state index contributed by atoms with van der Waals surface area (Å²) in [5, 5.41) is 13.2. The number of rotatable bonds is 3. The molecule has 29 heavy (non-hydrogen) atoms. The average Bonchev–Trinajstić information content (AvgIpc) is 3.30. The molecule has 1 aromatic heterocycles. The van der Waals surface area contributed by atoms with Crippen LogP contribution >= 0.6 is 0 Å². The highest BCUT2D eigenvalue weighted by atomic mass is 16.1. The molecule has 8 atom stereocenters. The van der Waals surface area contributed by atoms with Crippen LogP contribution in [-0.4, -0.2) is 15.6 Å². The molecule has 1 heterocycles. The number of carbonyl (C=O) groups excluding carboxylic acids is 1. The van der Waals surface area contributed by atoms with Gasteiger partial charge in [0.05, 0.1) is 18.3 Å². The molecule has 4 aliphatic carbocycles. The summed E-state index contributed by atoms with van der Waals surface area (Å²) in [6.07, 6.45) is 15.3. The van der Waals surface area contributed by atoms with E-state index in [0.29, 0.717) is 17.9 Å². The topological polar surface area (TPSA) is 58.7 Å². The quantitative estimate of drug-likeness (QED) is 0.706. The number of Topliss-reactive ketones (excluding diaryl/α,β-unsaturated/α-hetero) is 1. The van der Waals surface area contributed by atoms with Gasteiger partial charge in [-0.1, -0.05) is 20.3 Å². The van der Waals surface area contributed by atoms with Crippen molar-refractivity contribution in [1.82, 2.24) is 9.78 Å². The first-order valence-electron chi connectivity index (χ1n) is 11.9. The minimum absolute atomic E-state index is 0.173. The Labute approximate surface area is 175 Å². The number of ketones is 1. The predicted molar refractivity (Wildman–Crippen MR) is 112 cm³/mol. The Hall–Kier alpha value is -1.63. The van der Waals surface area contributed by atoms with Crippen molar-refractivity contribution in [2.75, 3.05) is 0 Å². The normalized spacial score (nSPS) is 43.7. The van der Waals surface area contributed by atoms with E-state index in [1.165, 1.54) is 51.4 Å². The number of hydrogen-bond acceptors (Lipinski definition) is 3. The fraction of sp³-hybridized carbons (Fsp3) is 0.800. The van der Waals surface area contributed by atoms with E-state index >= 15 is 0 Å². The minimum atomic E-state index is 0.173. The predicted octanol–water partition coefficient (Wildman–Crippen LogP) is 5.23. The van der Waals surface area contributed by atoms with Crippen LogP contribution in [0.1, 0.15) is 77.2 Å². The van der Waals surface area contributed by atoms with E-state index in [2.05, 4.69) is 25.0 Å². The van der Waals surface area contributed by atoms with Gasteiger partial charge >= 0.3 is 0 Å². The lowest BCUT2D eigenvalue weighted by Gasteiger charge is -2.56. The maximum Gasteiger partial charge on any atom is 0.157 e. The Morgan fingerprint density at radius 3 is 2.79 bits per heavy atom. The van der Waals surface area contributed by atoms with Crippen LogP contribution in [0.25, 0.3) is 0 Å². The monoisotopic (exact) mass is 393 g/mol. The van der Waals surface area contributed by atoms with Gasteiger partial charge in [0.1, 0.15) is 6.07 Å². The second kappa shape index (κ2) is 7.25. The van der Waals surface area contributed by atoms with E-state index in [1.807, 2.05) is 0 Å². The van der Waals surface area contributed by atoms with Gasteiger partial charge in [-0.15, -0.1) is 0 Å². The van der Waals surface area contributed by atoms with Crippen LogP contribution in [0, 0.1) is 58.2 Å². The summed E-state index contributed by atoms with van der Waals surface area (Å²) in [5.74, 6) is 5.92. The van der Waals surface area contributed by atoms with E-state index in [0.717, 1.165) is 41.9 Å². The maximum atomic E-state index is 13.3. The van der Waals surface area contributed by atoms with Crippen molar-refractivity contribution in [3.63, 3.8) is 0 Å². The maximum absolute atomic E-state index is 13.3. The van der Waals surface area contributed by atoms with Crippen molar-refractivity contribution in [3.8, 4) is 6.07 Å². The van der Waals surface area contributed by atoms with E-state index in [9.17, 15) is 4.79 Å². The second-order valence-corrected chi connectivity index (χ2v) is 11.0. The van der Waals surface area contributed by atoms with E-state index in [4.69, 9.17) is 5.26 Å². The van der Waals surface area contributed by atoms with Crippen molar-refractivity contribution >= 4 is 5.78 Å². The first kappa shape index (κ1) is 19.3. The molecule has 0 N–H and O–H groups in total. The van der Waals surface area contributed by atoms with Crippen molar-refractivity contribution in [3.05, 3.63) is 18.0 Å². The molecule has 4 nitrogen and oxygen atoms in total. The van der Waals surface area contributed by atoms with Gasteiger partial charge in [-0.25, -0.2) is 0 Å². The molecule has 0 aromatic carbocycles. The fourth-order valence-corrected chi connectivity index (χ4v) is 8.39. The first-order chi connectivity index (χ1) is 14.0. The summed E-state index contributed by atoms with van der Waals surface area (Å²) in [4.78, 5) is 13.3. The number of hydrogen-bond donors (Lipinski definition) is 0. The Morgan fingerprint density at radius 2 is 2.00 bits per heavy atom. The summed E-state index contributed by atoms with van der Waals surface area (Å²) in [5.41, 5.74) is 0.713. The molecule has 0 amide bonds. The van der Waals surface area contributed by atoms with Gasteiger partial charge in [0.25, 0.3) is 0 Å². The zero-order valence-corrected chi connectivity index (χ0v) is 18.0. The van der Waals surface area contributed by atoms with Gasteiger partial charge in [0.15, 0.2) is 5.78 Å². The first-order valence-corrected chi connectivity index (χ1v) is 11.9. The van der Waals surface area contributed by atoms with E-state index in [1.54, 1.807) is 17.1 Å². The van der Waals surface area contributed by atoms with Gasteiger partial charge in [-0.3, -0.25) is 9.48 Å². The molecule has 6 unspecified atom stereocenters. The van der Waals surface area contributed by atoms with Crippen molar-refractivity contribution in [2.24, 2.45) is 46.8 Å². The molecule has 156 valence electrons. The van der Waals surface area contributed by atoms with Crippen molar-refractivity contribution < 1.29 is 4.79 Å². The minimum Gasteiger partial charge on any atom is -0.297 e. The lowest BCUT2D eigenvalue weighted by atomic mass is 9.49. The molecule has 4 fully saturated rings. The summed E-state index contributed by atoms with van der Waals surface area (Å²) in [6, 6.07) is 2.10. The fourth-order valence-electron chi connectivity index (χ4n) is 8.39. The summed E-state index contributed by atoms with van der Waals surface area (Å²) < 4.78 is 1.66. The SMILES string of the molecule is CC1CCC2C(CC[C@@H]3C2CCC2(C)C3CC[C@@H]2C(=O)Cn2cc(C#N)cn2)C1. The molecule has 0 saturated heterocycles. The number of carbonyl (C=O) groups is 1. The van der Waals surface area contributed by atoms with Gasteiger partial charge in [-0.05, 0) is 92.3 Å². The number of fused-ring (bicyclic) bond motifs is 5. The second-order valence-electron chi connectivity index (χ2n) is 11.0. The van der Waals surface area contributed by atoms with E-state index in [-0.39, 0.29) is 11.3 Å². The standard InChI is InChI=1S/C25H35N3O/c1-16-3-5-19-18(11-16)4-6-21-20(19)9-10-25(2)22(21)7-8-23(25)24(29)15-28-14-17(12-26)13-27-28/h13-14,16,18-23H,3-11,15H2,1-2H3/t16?,18?,19?,20?,21-,22?,23-,25?/m1/s1. The van der Waals surface area contributed by atoms with Crippen molar-refractivity contribution in [2.45, 2.75) is 78.2 Å². The molecular formula is C25H35N3O. The highest BCUT2D eigenvalue weighted by Crippen LogP contribution is 2.64. The smallest absolute Gasteiger partial charge is 0.157 e. The third kappa shape index (κ3) is 3.16. The van der Waals surface area contributed by atoms with Crippen LogP contribution in [0.15, 0.2) is 12.4 Å². The molecule has 4 saturated carbocycles. The highest BCUT2D eigenvalue weighted by molar-refractivity contribution is 5.82. The highest BCUT2D eigenvalue weighted by Gasteiger charge is 2.58. The number of nitrogens with zero attached hydrogens (tertiary/aromatic N) is 3. The van der Waals surface area contributed by atoms with Gasteiger partial charge < -0.3 is 0 Å². The molecule has 1 aromatic rings. The molecule has 0 spiro atoms. The Morgan fingerprint density at radius 1 is 1.17 bits per heavy atom. The lowest BCUT2D eigenvalue weighted by Crippen LogP contribution is -2.49. The summed E-state index contributed by atoms with van der Waals surface area (Å²) in [6.45, 7) is 5.21. The van der Waals surface area contributed by atoms with Crippen LogP contribution in [0.5, 0.6) is 0 Å². The summed E-state index contributed by atoms with van der Waals surface area (Å²) >= 11 is 0. The van der Waals surface area contributed by atoms with E-state index < -0.39 is 0 Å². The van der Waals surface area contributed by atoms with Crippen molar-refractivity contribution in [1.29, 1.82) is 5.26 Å². The molecule has 5 rings (SSSR count). The third-order valence-corrected chi connectivity index (χ3v) is 9.69. The van der Waals surface area contributed by atoms with Crippen LogP contribution in [0.4, 0.5) is 0 Å². The molecule has 0 radical (unpaired) electrons. The largest absolute Gasteiger partial charge is 0.297 e. The molecule has 4 heteroatoms.